The van der Waals surface area contributed by atoms with Crippen molar-refractivity contribution in [3.8, 4) is 0 Å². The first-order chi connectivity index (χ1) is 8.22. The Morgan fingerprint density at radius 3 is 2.82 bits per heavy atom. The zero-order valence-electron chi connectivity index (χ0n) is 10.4. The quantitative estimate of drug-likeness (QED) is 0.856. The second-order valence-corrected chi connectivity index (χ2v) is 5.54. The van der Waals surface area contributed by atoms with Crippen molar-refractivity contribution in [1.29, 1.82) is 0 Å². The molecule has 1 saturated carbocycles. The fourth-order valence-corrected chi connectivity index (χ4v) is 2.76. The number of nitrogens with two attached hydrogens (primary N) is 1. The third kappa shape index (κ3) is 1.98. The van der Waals surface area contributed by atoms with Crippen LogP contribution < -0.4 is 5.73 Å². The van der Waals surface area contributed by atoms with Gasteiger partial charge in [0.1, 0.15) is 0 Å². The van der Waals surface area contributed by atoms with Crippen molar-refractivity contribution < 1.29 is 0 Å². The molecule has 0 unspecified atom stereocenters. The van der Waals surface area contributed by atoms with E-state index in [0.29, 0.717) is 5.41 Å². The predicted octanol–water partition coefficient (Wildman–Crippen LogP) is 3.08. The Hall–Kier alpha value is -1.28. The summed E-state index contributed by atoms with van der Waals surface area (Å²) in [5, 5.41) is 1.35. The fourth-order valence-electron chi connectivity index (χ4n) is 2.76. The highest BCUT2D eigenvalue weighted by molar-refractivity contribution is 5.80. The van der Waals surface area contributed by atoms with Crippen molar-refractivity contribution in [1.82, 2.24) is 4.57 Å². The summed E-state index contributed by atoms with van der Waals surface area (Å²) in [5.74, 6) is 0. The average molecular weight is 228 g/mol. The highest BCUT2D eigenvalue weighted by Crippen LogP contribution is 2.50. The van der Waals surface area contributed by atoms with E-state index in [-0.39, 0.29) is 0 Å². The van der Waals surface area contributed by atoms with E-state index in [0.717, 1.165) is 13.1 Å². The molecule has 0 amide bonds. The first kappa shape index (κ1) is 10.8. The Labute approximate surface area is 102 Å². The van der Waals surface area contributed by atoms with Crippen LogP contribution in [0.3, 0.4) is 0 Å². The van der Waals surface area contributed by atoms with Gasteiger partial charge < -0.3 is 10.3 Å². The number of benzene rings is 1. The minimum absolute atomic E-state index is 0.504. The molecular formula is C15H20N2. The summed E-state index contributed by atoms with van der Waals surface area (Å²) < 4.78 is 2.41. The number of rotatable bonds is 4. The van der Waals surface area contributed by atoms with Crippen molar-refractivity contribution in [2.45, 2.75) is 32.7 Å². The minimum Gasteiger partial charge on any atom is -0.347 e. The van der Waals surface area contributed by atoms with Crippen LogP contribution in [-0.2, 0) is 6.54 Å². The van der Waals surface area contributed by atoms with Crippen molar-refractivity contribution in [3.63, 3.8) is 0 Å². The number of nitrogens with zero attached hydrogens (tertiary/aromatic N) is 1. The second-order valence-electron chi connectivity index (χ2n) is 5.54. The van der Waals surface area contributed by atoms with E-state index in [1.165, 1.54) is 35.7 Å². The number of fused-ring (bicyclic) bond motifs is 1. The SMILES string of the molecule is Cc1ccc2ccn(CC3(CCN)CC3)c2c1. The summed E-state index contributed by atoms with van der Waals surface area (Å²) in [7, 11) is 0. The monoisotopic (exact) mass is 228 g/mol. The molecule has 0 radical (unpaired) electrons. The smallest absolute Gasteiger partial charge is 0.0483 e. The molecule has 0 spiro atoms. The molecule has 90 valence electrons. The van der Waals surface area contributed by atoms with E-state index in [4.69, 9.17) is 5.73 Å². The molecule has 2 nitrogen and oxygen atoms in total. The van der Waals surface area contributed by atoms with E-state index in [1.54, 1.807) is 0 Å². The Morgan fingerprint density at radius 2 is 2.12 bits per heavy atom. The van der Waals surface area contributed by atoms with Gasteiger partial charge in [-0.2, -0.15) is 0 Å². The van der Waals surface area contributed by atoms with Crippen LogP contribution in [0.25, 0.3) is 10.9 Å². The molecule has 1 aromatic carbocycles. The maximum Gasteiger partial charge on any atom is 0.0483 e. The summed E-state index contributed by atoms with van der Waals surface area (Å²) in [6.07, 6.45) is 6.07. The third-order valence-electron chi connectivity index (χ3n) is 4.07. The standard InChI is InChI=1S/C15H20N2/c1-12-2-3-13-4-9-17(14(13)10-12)11-15(5-6-15)7-8-16/h2-4,9-10H,5-8,11,16H2,1H3. The van der Waals surface area contributed by atoms with Gasteiger partial charge >= 0.3 is 0 Å². The summed E-state index contributed by atoms with van der Waals surface area (Å²) in [4.78, 5) is 0. The summed E-state index contributed by atoms with van der Waals surface area (Å²) in [6, 6.07) is 8.89. The molecule has 3 rings (SSSR count). The van der Waals surface area contributed by atoms with Crippen molar-refractivity contribution in [2.24, 2.45) is 11.1 Å². The molecule has 0 saturated heterocycles. The van der Waals surface area contributed by atoms with Crippen LogP contribution in [0.15, 0.2) is 30.5 Å². The van der Waals surface area contributed by atoms with Crippen LogP contribution in [0.2, 0.25) is 0 Å². The molecule has 0 bridgehead atoms. The molecule has 0 aliphatic heterocycles. The lowest BCUT2D eigenvalue weighted by molar-refractivity contribution is 0.404. The van der Waals surface area contributed by atoms with Crippen molar-refractivity contribution in [2.75, 3.05) is 6.54 Å². The number of aryl methyl sites for hydroxylation is 1. The van der Waals surface area contributed by atoms with Crippen LogP contribution >= 0.6 is 0 Å². The zero-order valence-corrected chi connectivity index (χ0v) is 10.4. The van der Waals surface area contributed by atoms with Gasteiger partial charge in [0.05, 0.1) is 0 Å². The average Bonchev–Trinajstić information content (AvgIpc) is 2.95. The molecule has 17 heavy (non-hydrogen) atoms. The number of hydrogen-bond donors (Lipinski definition) is 1. The topological polar surface area (TPSA) is 30.9 Å². The van der Waals surface area contributed by atoms with Crippen LogP contribution in [0.1, 0.15) is 24.8 Å². The maximum atomic E-state index is 5.71. The lowest BCUT2D eigenvalue weighted by Crippen LogP contribution is -2.15. The number of aromatic nitrogens is 1. The molecule has 1 heterocycles. The molecular weight excluding hydrogens is 208 g/mol. The molecule has 0 atom stereocenters. The summed E-state index contributed by atoms with van der Waals surface area (Å²) in [5.41, 5.74) is 8.92. The minimum atomic E-state index is 0.504. The van der Waals surface area contributed by atoms with Crippen molar-refractivity contribution >= 4 is 10.9 Å². The van der Waals surface area contributed by atoms with Crippen molar-refractivity contribution in [3.05, 3.63) is 36.0 Å². The summed E-state index contributed by atoms with van der Waals surface area (Å²) in [6.45, 7) is 4.11. The van der Waals surface area contributed by atoms with Crippen LogP contribution in [0.4, 0.5) is 0 Å². The lowest BCUT2D eigenvalue weighted by Gasteiger charge is -2.16. The van der Waals surface area contributed by atoms with Gasteiger partial charge in [-0.25, -0.2) is 0 Å². The van der Waals surface area contributed by atoms with Crippen LogP contribution in [0.5, 0.6) is 0 Å². The predicted molar refractivity (Wildman–Crippen MR) is 72.0 cm³/mol. The Morgan fingerprint density at radius 1 is 1.29 bits per heavy atom. The molecule has 1 aromatic heterocycles. The zero-order chi connectivity index (χ0) is 11.9. The molecule has 2 aromatic rings. The van der Waals surface area contributed by atoms with Gasteiger partial charge in [0.25, 0.3) is 0 Å². The van der Waals surface area contributed by atoms with Gasteiger partial charge in [-0.3, -0.25) is 0 Å². The fraction of sp³-hybridized carbons (Fsp3) is 0.467. The molecule has 1 aliphatic rings. The van der Waals surface area contributed by atoms with E-state index >= 15 is 0 Å². The van der Waals surface area contributed by atoms with Crippen LogP contribution in [0, 0.1) is 12.3 Å². The van der Waals surface area contributed by atoms with E-state index in [2.05, 4.69) is 42.0 Å². The summed E-state index contributed by atoms with van der Waals surface area (Å²) >= 11 is 0. The van der Waals surface area contributed by atoms with Gasteiger partial charge in [-0.15, -0.1) is 0 Å². The number of hydrogen-bond acceptors (Lipinski definition) is 1. The van der Waals surface area contributed by atoms with Crippen LogP contribution in [-0.4, -0.2) is 11.1 Å². The van der Waals surface area contributed by atoms with Gasteiger partial charge in [-0.05, 0) is 61.2 Å². The maximum absolute atomic E-state index is 5.71. The first-order valence-corrected chi connectivity index (χ1v) is 6.48. The Kier molecular flexibility index (Phi) is 2.48. The van der Waals surface area contributed by atoms with Gasteiger partial charge in [0, 0.05) is 18.3 Å². The lowest BCUT2D eigenvalue weighted by atomic mass is 10.0. The van der Waals surface area contributed by atoms with E-state index < -0.39 is 0 Å². The third-order valence-corrected chi connectivity index (χ3v) is 4.07. The van der Waals surface area contributed by atoms with Gasteiger partial charge in [0.15, 0.2) is 0 Å². The largest absolute Gasteiger partial charge is 0.347 e. The van der Waals surface area contributed by atoms with Gasteiger partial charge in [0.2, 0.25) is 0 Å². The molecule has 2 N–H and O–H groups in total. The van der Waals surface area contributed by atoms with E-state index in [9.17, 15) is 0 Å². The highest BCUT2D eigenvalue weighted by Gasteiger charge is 2.41. The molecule has 1 aliphatic carbocycles. The molecule has 2 heteroatoms. The second kappa shape index (κ2) is 3.88. The Balaban J connectivity index is 1.93. The normalized spacial score (nSPS) is 17.5. The first-order valence-electron chi connectivity index (χ1n) is 6.48. The molecule has 1 fully saturated rings. The van der Waals surface area contributed by atoms with E-state index in [1.807, 2.05) is 0 Å². The Bertz CT molecular complexity index is 535. The highest BCUT2D eigenvalue weighted by atomic mass is 15.0. The van der Waals surface area contributed by atoms with Gasteiger partial charge in [-0.1, -0.05) is 12.1 Å².